The number of urea groups is 1. The van der Waals surface area contributed by atoms with Crippen molar-refractivity contribution < 1.29 is 28.7 Å². The second-order valence-electron chi connectivity index (χ2n) is 5.30. The number of esters is 1. The second kappa shape index (κ2) is 7.56. The Labute approximate surface area is 143 Å². The Kier molecular flexibility index (Phi) is 5.48. The highest BCUT2D eigenvalue weighted by molar-refractivity contribution is 6.44. The van der Waals surface area contributed by atoms with E-state index in [2.05, 4.69) is 5.32 Å². The molecule has 0 saturated carbocycles. The van der Waals surface area contributed by atoms with Crippen molar-refractivity contribution in [3.05, 3.63) is 29.8 Å². The fourth-order valence-electron chi connectivity index (χ4n) is 2.07. The van der Waals surface area contributed by atoms with Gasteiger partial charge in [0.15, 0.2) is 0 Å². The molecule has 1 aromatic rings. The molecule has 0 radical (unpaired) electrons. The number of hydrogen-bond donors (Lipinski definition) is 1. The minimum atomic E-state index is -1.04. The van der Waals surface area contributed by atoms with E-state index in [1.165, 1.54) is 24.3 Å². The molecule has 0 atom stereocenters. The molecule has 1 aliphatic rings. The van der Waals surface area contributed by atoms with Crippen LogP contribution in [0.25, 0.3) is 0 Å². The van der Waals surface area contributed by atoms with E-state index < -0.39 is 36.3 Å². The number of rotatable bonds is 6. The number of ether oxygens (including phenoxy) is 1. The number of anilines is 1. The summed E-state index contributed by atoms with van der Waals surface area (Å²) < 4.78 is 4.99. The molecular formula is C16H17N3O6. The minimum absolute atomic E-state index is 0.322. The van der Waals surface area contributed by atoms with Crippen molar-refractivity contribution in [2.75, 3.05) is 25.5 Å². The number of benzene rings is 1. The summed E-state index contributed by atoms with van der Waals surface area (Å²) >= 11 is 0. The first-order chi connectivity index (χ1) is 11.8. The average molecular weight is 347 g/mol. The van der Waals surface area contributed by atoms with Gasteiger partial charge in [0.1, 0.15) is 6.54 Å². The zero-order valence-electron chi connectivity index (χ0n) is 13.8. The number of nitrogens with zero attached hydrogens (tertiary/aromatic N) is 2. The molecule has 1 aliphatic heterocycles. The lowest BCUT2D eigenvalue weighted by Gasteiger charge is -2.13. The smallest absolute Gasteiger partial charge is 0.338 e. The minimum Gasteiger partial charge on any atom is -0.462 e. The quantitative estimate of drug-likeness (QED) is 0.458. The van der Waals surface area contributed by atoms with Crippen molar-refractivity contribution in [1.82, 2.24) is 9.80 Å². The van der Waals surface area contributed by atoms with Crippen molar-refractivity contribution in [2.24, 2.45) is 0 Å². The van der Waals surface area contributed by atoms with E-state index in [1.54, 1.807) is 0 Å². The van der Waals surface area contributed by atoms with Crippen LogP contribution in [0, 0.1) is 0 Å². The predicted molar refractivity (Wildman–Crippen MR) is 85.5 cm³/mol. The first kappa shape index (κ1) is 18.1. The number of imide groups is 2. The van der Waals surface area contributed by atoms with Gasteiger partial charge in [0.25, 0.3) is 0 Å². The van der Waals surface area contributed by atoms with Crippen molar-refractivity contribution in [2.45, 2.75) is 13.3 Å². The Balaban J connectivity index is 1.95. The molecule has 25 heavy (non-hydrogen) atoms. The first-order valence-electron chi connectivity index (χ1n) is 7.55. The Morgan fingerprint density at radius 3 is 2.24 bits per heavy atom. The third-order valence-corrected chi connectivity index (χ3v) is 3.39. The number of hydrogen-bond acceptors (Lipinski definition) is 6. The van der Waals surface area contributed by atoms with Gasteiger partial charge >= 0.3 is 23.8 Å². The molecular weight excluding hydrogens is 330 g/mol. The molecule has 5 amide bonds. The fraction of sp³-hybridized carbons (Fsp3) is 0.312. The summed E-state index contributed by atoms with van der Waals surface area (Å²) in [7, 11) is 1.16. The Bertz CT molecular complexity index is 728. The SMILES string of the molecule is CCCOC(=O)c1ccc(NC(=O)CN2C(=O)C(=O)N(C)C2=O)cc1. The van der Waals surface area contributed by atoms with Gasteiger partial charge in [0, 0.05) is 12.7 Å². The second-order valence-corrected chi connectivity index (χ2v) is 5.30. The Morgan fingerprint density at radius 1 is 1.08 bits per heavy atom. The van der Waals surface area contributed by atoms with Crippen molar-refractivity contribution >= 4 is 35.4 Å². The maximum absolute atomic E-state index is 12.0. The van der Waals surface area contributed by atoms with Crippen LogP contribution in [-0.4, -0.2) is 59.7 Å². The topological polar surface area (TPSA) is 113 Å². The predicted octanol–water partition coefficient (Wildman–Crippen LogP) is 0.612. The Morgan fingerprint density at radius 2 is 1.72 bits per heavy atom. The number of carbonyl (C=O) groups is 5. The van der Waals surface area contributed by atoms with Crippen LogP contribution in [0.5, 0.6) is 0 Å². The molecule has 1 saturated heterocycles. The number of likely N-dealkylation sites (N-methyl/N-ethyl adjacent to an activating group) is 1. The molecule has 1 heterocycles. The molecule has 1 fully saturated rings. The van der Waals surface area contributed by atoms with E-state index in [9.17, 15) is 24.0 Å². The molecule has 1 aromatic carbocycles. The monoisotopic (exact) mass is 347 g/mol. The third-order valence-electron chi connectivity index (χ3n) is 3.39. The summed E-state index contributed by atoms with van der Waals surface area (Å²) in [5, 5.41) is 2.48. The molecule has 0 bridgehead atoms. The van der Waals surface area contributed by atoms with Gasteiger partial charge in [-0.1, -0.05) is 6.92 Å². The van der Waals surface area contributed by atoms with Gasteiger partial charge in [-0.2, -0.15) is 0 Å². The van der Waals surface area contributed by atoms with Crippen LogP contribution in [0.15, 0.2) is 24.3 Å². The number of amides is 5. The summed E-state index contributed by atoms with van der Waals surface area (Å²) in [6.07, 6.45) is 0.714. The van der Waals surface area contributed by atoms with Crippen molar-refractivity contribution in [3.8, 4) is 0 Å². The normalized spacial score (nSPS) is 14.1. The molecule has 0 aliphatic carbocycles. The molecule has 2 rings (SSSR count). The first-order valence-corrected chi connectivity index (χ1v) is 7.55. The lowest BCUT2D eigenvalue weighted by Crippen LogP contribution is -2.38. The van der Waals surface area contributed by atoms with Crippen LogP contribution in [0.1, 0.15) is 23.7 Å². The van der Waals surface area contributed by atoms with E-state index in [0.29, 0.717) is 34.1 Å². The van der Waals surface area contributed by atoms with Crippen LogP contribution >= 0.6 is 0 Å². The zero-order chi connectivity index (χ0) is 18.6. The molecule has 0 spiro atoms. The van der Waals surface area contributed by atoms with E-state index in [-0.39, 0.29) is 0 Å². The van der Waals surface area contributed by atoms with Crippen LogP contribution < -0.4 is 5.32 Å². The summed E-state index contributed by atoms with van der Waals surface area (Å²) in [4.78, 5) is 59.5. The summed E-state index contributed by atoms with van der Waals surface area (Å²) in [6, 6.07) is 5.10. The van der Waals surface area contributed by atoms with Gasteiger partial charge in [0.2, 0.25) is 5.91 Å². The van der Waals surface area contributed by atoms with E-state index in [0.717, 1.165) is 7.05 Å². The molecule has 0 aromatic heterocycles. The fourth-order valence-corrected chi connectivity index (χ4v) is 2.07. The van der Waals surface area contributed by atoms with E-state index in [1.807, 2.05) is 6.92 Å². The van der Waals surface area contributed by atoms with Crippen LogP contribution in [0.4, 0.5) is 10.5 Å². The van der Waals surface area contributed by atoms with Crippen molar-refractivity contribution in [3.63, 3.8) is 0 Å². The van der Waals surface area contributed by atoms with Gasteiger partial charge in [-0.25, -0.2) is 14.5 Å². The van der Waals surface area contributed by atoms with Gasteiger partial charge < -0.3 is 10.1 Å². The highest BCUT2D eigenvalue weighted by Gasteiger charge is 2.42. The van der Waals surface area contributed by atoms with E-state index in [4.69, 9.17) is 4.74 Å². The Hall–Kier alpha value is -3.23. The summed E-state index contributed by atoms with van der Waals surface area (Å²) in [6.45, 7) is 1.63. The highest BCUT2D eigenvalue weighted by atomic mass is 16.5. The molecule has 132 valence electrons. The lowest BCUT2D eigenvalue weighted by molar-refractivity contribution is -0.143. The summed E-state index contributed by atoms with van der Waals surface area (Å²) in [5.74, 6) is -3.13. The number of carbonyl (C=O) groups excluding carboxylic acids is 5. The van der Waals surface area contributed by atoms with Crippen LogP contribution in [-0.2, 0) is 19.1 Å². The standard InChI is InChI=1S/C16H17N3O6/c1-3-8-25-15(23)10-4-6-11(7-5-10)17-12(20)9-19-14(22)13(21)18(2)16(19)24/h4-7H,3,8-9H2,1-2H3,(H,17,20). The maximum atomic E-state index is 12.0. The molecule has 9 heteroatoms. The molecule has 9 nitrogen and oxygen atoms in total. The lowest BCUT2D eigenvalue weighted by atomic mass is 10.2. The third kappa shape index (κ3) is 4.00. The maximum Gasteiger partial charge on any atom is 0.338 e. The van der Waals surface area contributed by atoms with E-state index >= 15 is 0 Å². The number of nitrogens with one attached hydrogen (secondary N) is 1. The van der Waals surface area contributed by atoms with Crippen LogP contribution in [0.2, 0.25) is 0 Å². The van der Waals surface area contributed by atoms with Gasteiger partial charge in [0.05, 0.1) is 12.2 Å². The van der Waals surface area contributed by atoms with Gasteiger partial charge in [-0.15, -0.1) is 0 Å². The highest BCUT2D eigenvalue weighted by Crippen LogP contribution is 2.13. The average Bonchev–Trinajstić information content (AvgIpc) is 2.78. The zero-order valence-corrected chi connectivity index (χ0v) is 13.8. The van der Waals surface area contributed by atoms with Crippen molar-refractivity contribution in [1.29, 1.82) is 0 Å². The van der Waals surface area contributed by atoms with Gasteiger partial charge in [-0.3, -0.25) is 19.3 Å². The van der Waals surface area contributed by atoms with Gasteiger partial charge in [-0.05, 0) is 30.7 Å². The van der Waals surface area contributed by atoms with Crippen LogP contribution in [0.3, 0.4) is 0 Å². The molecule has 0 unspecified atom stereocenters. The largest absolute Gasteiger partial charge is 0.462 e. The summed E-state index contributed by atoms with van der Waals surface area (Å²) in [5.41, 5.74) is 0.708. The molecule has 1 N–H and O–H groups in total.